The molecule has 0 saturated carbocycles. The maximum Gasteiger partial charge on any atom is 0.119 e. The second kappa shape index (κ2) is 5.18. The molecule has 4 heteroatoms. The van der Waals surface area contributed by atoms with Crippen molar-refractivity contribution in [2.24, 2.45) is 0 Å². The first kappa shape index (κ1) is 11.2. The topological polar surface area (TPSA) is 47.7 Å². The summed E-state index contributed by atoms with van der Waals surface area (Å²) in [5.74, 6) is 0.839. The molecule has 0 bridgehead atoms. The summed E-state index contributed by atoms with van der Waals surface area (Å²) in [7, 11) is 2.10. The van der Waals surface area contributed by atoms with Crippen molar-refractivity contribution in [1.29, 1.82) is 0 Å². The predicted molar refractivity (Wildman–Crippen MR) is 63.6 cm³/mol. The van der Waals surface area contributed by atoms with Crippen LogP contribution in [0.1, 0.15) is 0 Å². The molecule has 1 fully saturated rings. The van der Waals surface area contributed by atoms with E-state index in [0.29, 0.717) is 6.61 Å². The normalized spacial score (nSPS) is 21.9. The molecule has 0 spiro atoms. The van der Waals surface area contributed by atoms with Crippen molar-refractivity contribution in [3.05, 3.63) is 24.3 Å². The largest absolute Gasteiger partial charge is 0.491 e. The van der Waals surface area contributed by atoms with Gasteiger partial charge in [-0.3, -0.25) is 0 Å². The number of ether oxygens (including phenoxy) is 2. The Labute approximate surface area is 95.9 Å². The van der Waals surface area contributed by atoms with Crippen molar-refractivity contribution in [2.75, 3.05) is 39.1 Å². The summed E-state index contributed by atoms with van der Waals surface area (Å²) in [6, 6.07) is 7.43. The van der Waals surface area contributed by atoms with Crippen molar-refractivity contribution in [2.45, 2.75) is 6.10 Å². The number of nitrogen functional groups attached to an aromatic ring is 1. The fraction of sp³-hybridized carbons (Fsp3) is 0.500. The number of nitrogens with zero attached hydrogens (tertiary/aromatic N) is 1. The first-order valence-corrected chi connectivity index (χ1v) is 5.52. The molecular formula is C12H18N2O2. The van der Waals surface area contributed by atoms with E-state index < -0.39 is 0 Å². The summed E-state index contributed by atoms with van der Waals surface area (Å²) >= 11 is 0. The third-order valence-electron chi connectivity index (χ3n) is 2.66. The van der Waals surface area contributed by atoms with Gasteiger partial charge < -0.3 is 20.1 Å². The Morgan fingerprint density at radius 1 is 1.44 bits per heavy atom. The smallest absolute Gasteiger partial charge is 0.119 e. The highest BCUT2D eigenvalue weighted by Gasteiger charge is 2.17. The lowest BCUT2D eigenvalue weighted by Gasteiger charge is -2.29. The van der Waals surface area contributed by atoms with Crippen LogP contribution in [-0.4, -0.2) is 44.4 Å². The molecule has 1 aliphatic rings. The third kappa shape index (κ3) is 3.12. The van der Waals surface area contributed by atoms with E-state index in [1.807, 2.05) is 24.3 Å². The van der Waals surface area contributed by atoms with Crippen LogP contribution in [-0.2, 0) is 4.74 Å². The second-order valence-corrected chi connectivity index (χ2v) is 4.14. The van der Waals surface area contributed by atoms with E-state index >= 15 is 0 Å². The Hall–Kier alpha value is -1.26. The average molecular weight is 222 g/mol. The summed E-state index contributed by atoms with van der Waals surface area (Å²) < 4.78 is 11.2. The van der Waals surface area contributed by atoms with Gasteiger partial charge in [-0.25, -0.2) is 0 Å². The van der Waals surface area contributed by atoms with Crippen LogP contribution >= 0.6 is 0 Å². The molecule has 0 radical (unpaired) electrons. The van der Waals surface area contributed by atoms with Crippen LogP contribution in [0.15, 0.2) is 24.3 Å². The minimum atomic E-state index is 0.163. The molecule has 88 valence electrons. The molecule has 1 aliphatic heterocycles. The number of benzene rings is 1. The molecular weight excluding hydrogens is 204 g/mol. The molecule has 0 aliphatic carbocycles. The highest BCUT2D eigenvalue weighted by molar-refractivity contribution is 5.41. The number of rotatable bonds is 3. The molecule has 1 aromatic rings. The monoisotopic (exact) mass is 222 g/mol. The SMILES string of the molecule is CN1CCOC(COc2ccc(N)cc2)C1. The van der Waals surface area contributed by atoms with Gasteiger partial charge in [0.05, 0.1) is 6.61 Å². The van der Waals surface area contributed by atoms with E-state index in [-0.39, 0.29) is 6.10 Å². The molecule has 0 amide bonds. The molecule has 1 saturated heterocycles. The van der Waals surface area contributed by atoms with Gasteiger partial charge in [-0.1, -0.05) is 0 Å². The number of likely N-dealkylation sites (N-methyl/N-ethyl adjacent to an activating group) is 1. The highest BCUT2D eigenvalue weighted by Crippen LogP contribution is 2.14. The Morgan fingerprint density at radius 3 is 2.88 bits per heavy atom. The van der Waals surface area contributed by atoms with Gasteiger partial charge in [0.25, 0.3) is 0 Å². The number of anilines is 1. The molecule has 1 atom stereocenters. The van der Waals surface area contributed by atoms with Gasteiger partial charge in [-0.05, 0) is 31.3 Å². The zero-order valence-corrected chi connectivity index (χ0v) is 9.56. The van der Waals surface area contributed by atoms with E-state index in [2.05, 4.69) is 11.9 Å². The Bertz CT molecular complexity index is 326. The first-order chi connectivity index (χ1) is 7.74. The van der Waals surface area contributed by atoms with Crippen molar-refractivity contribution in [3.63, 3.8) is 0 Å². The zero-order chi connectivity index (χ0) is 11.4. The van der Waals surface area contributed by atoms with Crippen LogP contribution in [0.5, 0.6) is 5.75 Å². The van der Waals surface area contributed by atoms with Crippen LogP contribution < -0.4 is 10.5 Å². The van der Waals surface area contributed by atoms with E-state index in [1.54, 1.807) is 0 Å². The molecule has 4 nitrogen and oxygen atoms in total. The van der Waals surface area contributed by atoms with Crippen molar-refractivity contribution >= 4 is 5.69 Å². The maximum atomic E-state index is 5.64. The second-order valence-electron chi connectivity index (χ2n) is 4.14. The molecule has 16 heavy (non-hydrogen) atoms. The number of nitrogens with two attached hydrogens (primary N) is 1. The Kier molecular flexibility index (Phi) is 3.64. The molecule has 0 aromatic heterocycles. The first-order valence-electron chi connectivity index (χ1n) is 5.52. The van der Waals surface area contributed by atoms with Crippen molar-refractivity contribution in [1.82, 2.24) is 4.90 Å². The number of hydrogen-bond acceptors (Lipinski definition) is 4. The minimum absolute atomic E-state index is 0.163. The molecule has 1 aromatic carbocycles. The van der Waals surface area contributed by atoms with Crippen LogP contribution in [0.4, 0.5) is 5.69 Å². The van der Waals surface area contributed by atoms with Crippen LogP contribution in [0, 0.1) is 0 Å². The lowest BCUT2D eigenvalue weighted by atomic mass is 10.3. The fourth-order valence-corrected chi connectivity index (χ4v) is 1.72. The zero-order valence-electron chi connectivity index (χ0n) is 9.56. The van der Waals surface area contributed by atoms with Gasteiger partial charge in [-0.2, -0.15) is 0 Å². The number of hydrogen-bond donors (Lipinski definition) is 1. The third-order valence-corrected chi connectivity index (χ3v) is 2.66. The van der Waals surface area contributed by atoms with Gasteiger partial charge in [0.2, 0.25) is 0 Å². The molecule has 2 rings (SSSR count). The van der Waals surface area contributed by atoms with Crippen LogP contribution in [0.2, 0.25) is 0 Å². The summed E-state index contributed by atoms with van der Waals surface area (Å²) in [5, 5.41) is 0. The summed E-state index contributed by atoms with van der Waals surface area (Å²) in [6.45, 7) is 3.30. The average Bonchev–Trinajstić information content (AvgIpc) is 2.28. The summed E-state index contributed by atoms with van der Waals surface area (Å²) in [4.78, 5) is 2.25. The summed E-state index contributed by atoms with van der Waals surface area (Å²) in [6.07, 6.45) is 0.163. The van der Waals surface area contributed by atoms with E-state index in [0.717, 1.165) is 31.1 Å². The number of morpholine rings is 1. The lowest BCUT2D eigenvalue weighted by Crippen LogP contribution is -2.42. The van der Waals surface area contributed by atoms with E-state index in [9.17, 15) is 0 Å². The molecule has 1 heterocycles. The van der Waals surface area contributed by atoms with E-state index in [1.165, 1.54) is 0 Å². The van der Waals surface area contributed by atoms with Gasteiger partial charge in [-0.15, -0.1) is 0 Å². The summed E-state index contributed by atoms with van der Waals surface area (Å²) in [5.41, 5.74) is 6.35. The minimum Gasteiger partial charge on any atom is -0.491 e. The lowest BCUT2D eigenvalue weighted by molar-refractivity contribution is -0.0403. The van der Waals surface area contributed by atoms with Crippen molar-refractivity contribution < 1.29 is 9.47 Å². The van der Waals surface area contributed by atoms with Crippen LogP contribution in [0.3, 0.4) is 0 Å². The van der Waals surface area contributed by atoms with Gasteiger partial charge in [0, 0.05) is 18.8 Å². The maximum absolute atomic E-state index is 5.64. The quantitative estimate of drug-likeness (QED) is 0.774. The fourth-order valence-electron chi connectivity index (χ4n) is 1.72. The van der Waals surface area contributed by atoms with Crippen LogP contribution in [0.25, 0.3) is 0 Å². The van der Waals surface area contributed by atoms with E-state index in [4.69, 9.17) is 15.2 Å². The van der Waals surface area contributed by atoms with Gasteiger partial charge in [0.1, 0.15) is 18.5 Å². The highest BCUT2D eigenvalue weighted by atomic mass is 16.5. The standard InChI is InChI=1S/C12H18N2O2/c1-14-6-7-15-12(8-14)9-16-11-4-2-10(13)3-5-11/h2-5,12H,6-9,13H2,1H3. The van der Waals surface area contributed by atoms with Crippen molar-refractivity contribution in [3.8, 4) is 5.75 Å². The Morgan fingerprint density at radius 2 is 2.19 bits per heavy atom. The van der Waals surface area contributed by atoms with Gasteiger partial charge in [0.15, 0.2) is 0 Å². The molecule has 1 unspecified atom stereocenters. The van der Waals surface area contributed by atoms with Gasteiger partial charge >= 0.3 is 0 Å². The predicted octanol–water partition coefficient (Wildman–Crippen LogP) is 0.978. The molecule has 2 N–H and O–H groups in total. The Balaban J connectivity index is 1.80.